The van der Waals surface area contributed by atoms with E-state index in [1.165, 1.54) is 17.0 Å². The van der Waals surface area contributed by atoms with Crippen molar-refractivity contribution in [1.82, 2.24) is 14.9 Å². The zero-order valence-corrected chi connectivity index (χ0v) is 11.5. The molecule has 7 nitrogen and oxygen atoms in total. The van der Waals surface area contributed by atoms with Gasteiger partial charge >= 0.3 is 0 Å². The Morgan fingerprint density at radius 1 is 1.33 bits per heavy atom. The van der Waals surface area contributed by atoms with E-state index in [1.54, 1.807) is 19.2 Å². The van der Waals surface area contributed by atoms with E-state index in [0.29, 0.717) is 10.9 Å². The Morgan fingerprint density at radius 3 is 2.86 bits per heavy atom. The number of fused-ring (bicyclic) bond motifs is 1. The lowest BCUT2D eigenvalue weighted by Crippen LogP contribution is -2.26. The maximum atomic E-state index is 12.4. The average molecular weight is 284 g/mol. The highest BCUT2D eigenvalue weighted by atomic mass is 16.5. The molecular formula is C14H12N4O3. The van der Waals surface area contributed by atoms with Crippen LogP contribution in [-0.2, 0) is 7.05 Å². The Kier molecular flexibility index (Phi) is 3.02. The number of hydrogen-bond donors (Lipinski definition) is 1. The van der Waals surface area contributed by atoms with Crippen molar-refractivity contribution in [1.29, 1.82) is 0 Å². The van der Waals surface area contributed by atoms with Crippen LogP contribution in [-0.4, -0.2) is 20.8 Å². The summed E-state index contributed by atoms with van der Waals surface area (Å²) in [4.78, 5) is 24.6. The van der Waals surface area contributed by atoms with Crippen LogP contribution < -0.4 is 10.7 Å². The molecule has 1 N–H and O–H groups in total. The summed E-state index contributed by atoms with van der Waals surface area (Å²) in [5, 5.41) is 10.5. The van der Waals surface area contributed by atoms with Crippen molar-refractivity contribution in [2.24, 2.45) is 7.05 Å². The summed E-state index contributed by atoms with van der Waals surface area (Å²) < 4.78 is 6.13. The summed E-state index contributed by atoms with van der Waals surface area (Å²) in [6.45, 7) is 1.88. The van der Waals surface area contributed by atoms with Gasteiger partial charge in [0.2, 0.25) is 5.43 Å². The Bertz CT molecular complexity index is 881. The Labute approximate surface area is 119 Å². The number of hydrogen-bond acceptors (Lipinski definition) is 5. The Balaban J connectivity index is 2.13. The standard InChI is InChI=1S/C14H12N4O3/c1-8-3-4-10-9(7-8)13(19)12(16-18(10)2)14(20)15-11-5-6-21-17-11/h3-7H,1-2H3,(H,15,17,20). The quantitative estimate of drug-likeness (QED) is 0.769. The molecule has 0 aliphatic heterocycles. The lowest BCUT2D eigenvalue weighted by Gasteiger charge is -2.08. The largest absolute Gasteiger partial charge is 0.363 e. The number of rotatable bonds is 2. The van der Waals surface area contributed by atoms with Crippen LogP contribution in [0.2, 0.25) is 0 Å². The van der Waals surface area contributed by atoms with Crippen LogP contribution in [0.4, 0.5) is 5.82 Å². The molecule has 0 fully saturated rings. The van der Waals surface area contributed by atoms with Crippen LogP contribution in [0.15, 0.2) is 39.8 Å². The third kappa shape index (κ3) is 2.29. The Hall–Kier alpha value is -2.96. The van der Waals surface area contributed by atoms with Gasteiger partial charge in [-0.3, -0.25) is 14.3 Å². The van der Waals surface area contributed by atoms with E-state index in [0.717, 1.165) is 5.56 Å². The number of carbonyl (C=O) groups is 1. The van der Waals surface area contributed by atoms with Crippen LogP contribution in [0.1, 0.15) is 16.1 Å². The number of nitrogens with one attached hydrogen (secondary N) is 1. The number of amides is 1. The minimum Gasteiger partial charge on any atom is -0.363 e. The summed E-state index contributed by atoms with van der Waals surface area (Å²) in [6.07, 6.45) is 1.32. The van der Waals surface area contributed by atoms with Crippen LogP contribution >= 0.6 is 0 Å². The van der Waals surface area contributed by atoms with E-state index in [2.05, 4.69) is 20.1 Å². The van der Waals surface area contributed by atoms with E-state index in [-0.39, 0.29) is 11.5 Å². The summed E-state index contributed by atoms with van der Waals surface area (Å²) in [5.74, 6) is -0.388. The molecule has 0 unspecified atom stereocenters. The molecule has 1 amide bonds. The minimum atomic E-state index is -0.618. The fraction of sp³-hybridized carbons (Fsp3) is 0.143. The van der Waals surface area contributed by atoms with E-state index in [9.17, 15) is 9.59 Å². The predicted octanol–water partition coefficient (Wildman–Crippen LogP) is 1.48. The normalized spacial score (nSPS) is 10.8. The van der Waals surface area contributed by atoms with Crippen molar-refractivity contribution in [3.8, 4) is 0 Å². The van der Waals surface area contributed by atoms with Crippen LogP contribution in [0.3, 0.4) is 0 Å². The first kappa shape index (κ1) is 13.0. The molecule has 2 heterocycles. The van der Waals surface area contributed by atoms with Gasteiger partial charge < -0.3 is 9.84 Å². The highest BCUT2D eigenvalue weighted by Crippen LogP contribution is 2.12. The van der Waals surface area contributed by atoms with Gasteiger partial charge in [-0.1, -0.05) is 16.8 Å². The molecule has 21 heavy (non-hydrogen) atoms. The van der Waals surface area contributed by atoms with Crippen LogP contribution in [0.25, 0.3) is 10.9 Å². The SMILES string of the molecule is Cc1ccc2c(c1)c(=O)c(C(=O)Nc1ccon1)nn2C. The molecule has 0 spiro atoms. The molecule has 0 bridgehead atoms. The van der Waals surface area contributed by atoms with Crippen LogP contribution in [0.5, 0.6) is 0 Å². The highest BCUT2D eigenvalue weighted by molar-refractivity contribution is 6.03. The molecule has 0 atom stereocenters. The van der Waals surface area contributed by atoms with Gasteiger partial charge in [0.05, 0.1) is 10.9 Å². The van der Waals surface area contributed by atoms with E-state index in [4.69, 9.17) is 0 Å². The van der Waals surface area contributed by atoms with Gasteiger partial charge in [0, 0.05) is 13.1 Å². The molecule has 1 aromatic carbocycles. The van der Waals surface area contributed by atoms with Crippen molar-refractivity contribution in [2.45, 2.75) is 6.92 Å². The first-order valence-corrected chi connectivity index (χ1v) is 6.25. The molecule has 0 saturated carbocycles. The van der Waals surface area contributed by atoms with E-state index in [1.807, 2.05) is 13.0 Å². The molecular weight excluding hydrogens is 272 g/mol. The third-order valence-electron chi connectivity index (χ3n) is 3.10. The van der Waals surface area contributed by atoms with Crippen LogP contribution in [0, 0.1) is 6.92 Å². The number of aryl methyl sites for hydroxylation is 2. The number of nitrogens with zero attached hydrogens (tertiary/aromatic N) is 3. The number of carbonyl (C=O) groups excluding carboxylic acids is 1. The first-order chi connectivity index (χ1) is 10.1. The smallest absolute Gasteiger partial charge is 0.281 e. The second kappa shape index (κ2) is 4.86. The fourth-order valence-corrected chi connectivity index (χ4v) is 2.09. The second-order valence-corrected chi connectivity index (χ2v) is 4.66. The summed E-state index contributed by atoms with van der Waals surface area (Å²) in [6, 6.07) is 6.91. The molecule has 3 rings (SSSR count). The van der Waals surface area contributed by atoms with E-state index < -0.39 is 11.3 Å². The van der Waals surface area contributed by atoms with Gasteiger partial charge in [-0.25, -0.2) is 0 Å². The molecule has 2 aromatic heterocycles. The van der Waals surface area contributed by atoms with Crippen molar-refractivity contribution >= 4 is 22.6 Å². The molecule has 0 aliphatic rings. The Morgan fingerprint density at radius 2 is 2.14 bits per heavy atom. The van der Waals surface area contributed by atoms with Crippen molar-refractivity contribution < 1.29 is 9.32 Å². The first-order valence-electron chi connectivity index (χ1n) is 6.25. The predicted molar refractivity (Wildman–Crippen MR) is 76.2 cm³/mol. The van der Waals surface area contributed by atoms with Gasteiger partial charge in [0.1, 0.15) is 6.26 Å². The lowest BCUT2D eigenvalue weighted by molar-refractivity contribution is 0.101. The summed E-state index contributed by atoms with van der Waals surface area (Å²) >= 11 is 0. The lowest BCUT2D eigenvalue weighted by atomic mass is 10.1. The number of benzene rings is 1. The van der Waals surface area contributed by atoms with Gasteiger partial charge in [0.15, 0.2) is 11.5 Å². The zero-order chi connectivity index (χ0) is 15.0. The maximum absolute atomic E-state index is 12.4. The van der Waals surface area contributed by atoms with Crippen molar-refractivity contribution in [3.05, 3.63) is 52.0 Å². The second-order valence-electron chi connectivity index (χ2n) is 4.66. The van der Waals surface area contributed by atoms with Crippen molar-refractivity contribution in [3.63, 3.8) is 0 Å². The van der Waals surface area contributed by atoms with Gasteiger partial charge in [0.25, 0.3) is 5.91 Å². The number of anilines is 1. The fourth-order valence-electron chi connectivity index (χ4n) is 2.09. The summed E-state index contributed by atoms with van der Waals surface area (Å²) in [7, 11) is 1.68. The molecule has 106 valence electrons. The third-order valence-corrected chi connectivity index (χ3v) is 3.10. The molecule has 0 radical (unpaired) electrons. The molecule has 0 aliphatic carbocycles. The molecule has 7 heteroatoms. The van der Waals surface area contributed by atoms with Crippen molar-refractivity contribution in [2.75, 3.05) is 5.32 Å². The highest BCUT2D eigenvalue weighted by Gasteiger charge is 2.17. The maximum Gasteiger partial charge on any atom is 0.281 e. The minimum absolute atomic E-state index is 0.182. The van der Waals surface area contributed by atoms with Gasteiger partial charge in [-0.15, -0.1) is 0 Å². The monoisotopic (exact) mass is 284 g/mol. The molecule has 0 saturated heterocycles. The molecule has 3 aromatic rings. The average Bonchev–Trinajstić information content (AvgIpc) is 2.95. The van der Waals surface area contributed by atoms with Gasteiger partial charge in [-0.05, 0) is 19.1 Å². The topological polar surface area (TPSA) is 90.0 Å². The summed E-state index contributed by atoms with van der Waals surface area (Å²) in [5.41, 5.74) is 1.02. The van der Waals surface area contributed by atoms with E-state index >= 15 is 0 Å². The zero-order valence-electron chi connectivity index (χ0n) is 11.5. The van der Waals surface area contributed by atoms with Gasteiger partial charge in [-0.2, -0.15) is 5.10 Å². The number of aromatic nitrogens is 3.